The Balaban J connectivity index is 1.93. The molecule has 0 bridgehead atoms. The van der Waals surface area contributed by atoms with E-state index in [1.54, 1.807) is 0 Å². The highest BCUT2D eigenvalue weighted by Gasteiger charge is 2.31. The van der Waals surface area contributed by atoms with Crippen LogP contribution in [0.1, 0.15) is 45.4 Å². The Morgan fingerprint density at radius 1 is 1.31 bits per heavy atom. The maximum Gasteiger partial charge on any atom is 0.0587 e. The summed E-state index contributed by atoms with van der Waals surface area (Å²) in [5.41, 5.74) is 5.89. The number of ether oxygens (including phenoxy) is 1. The molecule has 0 amide bonds. The second kappa shape index (κ2) is 5.99. The van der Waals surface area contributed by atoms with Crippen molar-refractivity contribution >= 4 is 0 Å². The second-order valence-electron chi connectivity index (χ2n) is 5.20. The van der Waals surface area contributed by atoms with Gasteiger partial charge in [-0.3, -0.25) is 4.90 Å². The Labute approximate surface area is 99.3 Å². The number of nitrogens with two attached hydrogens (primary N) is 1. The minimum atomic E-state index is 0.485. The molecule has 0 aromatic heterocycles. The van der Waals surface area contributed by atoms with Crippen LogP contribution >= 0.6 is 0 Å². The summed E-state index contributed by atoms with van der Waals surface area (Å²) in [6.45, 7) is 5.25. The first kappa shape index (κ1) is 12.3. The van der Waals surface area contributed by atoms with Crippen LogP contribution in [0, 0.1) is 0 Å². The molecule has 94 valence electrons. The lowest BCUT2D eigenvalue weighted by molar-refractivity contribution is -0.0431. The Bertz CT molecular complexity index is 210. The molecule has 2 heterocycles. The van der Waals surface area contributed by atoms with Gasteiger partial charge in [0, 0.05) is 25.2 Å². The van der Waals surface area contributed by atoms with Crippen molar-refractivity contribution in [2.75, 3.05) is 19.7 Å². The third kappa shape index (κ3) is 2.76. The van der Waals surface area contributed by atoms with Gasteiger partial charge in [0.15, 0.2) is 0 Å². The van der Waals surface area contributed by atoms with E-state index in [4.69, 9.17) is 10.5 Å². The molecule has 0 aliphatic carbocycles. The van der Waals surface area contributed by atoms with E-state index < -0.39 is 0 Å². The van der Waals surface area contributed by atoms with Crippen molar-refractivity contribution < 1.29 is 4.74 Å². The van der Waals surface area contributed by atoms with Gasteiger partial charge in [0.05, 0.1) is 6.10 Å². The Morgan fingerprint density at radius 2 is 2.19 bits per heavy atom. The summed E-state index contributed by atoms with van der Waals surface area (Å²) in [5, 5.41) is 0. The van der Waals surface area contributed by atoms with E-state index >= 15 is 0 Å². The van der Waals surface area contributed by atoms with Gasteiger partial charge in [-0.1, -0.05) is 13.3 Å². The van der Waals surface area contributed by atoms with Gasteiger partial charge in [0.2, 0.25) is 0 Å². The minimum absolute atomic E-state index is 0.485. The summed E-state index contributed by atoms with van der Waals surface area (Å²) in [6, 6.07) is 1.36. The van der Waals surface area contributed by atoms with Crippen LogP contribution in [-0.4, -0.2) is 42.8 Å². The van der Waals surface area contributed by atoms with E-state index in [2.05, 4.69) is 11.8 Å². The third-order valence-electron chi connectivity index (χ3n) is 4.21. The Morgan fingerprint density at radius 3 is 2.94 bits per heavy atom. The van der Waals surface area contributed by atoms with Crippen LogP contribution in [0.2, 0.25) is 0 Å². The van der Waals surface area contributed by atoms with Gasteiger partial charge < -0.3 is 10.5 Å². The SMILES string of the molecule is CCC1CC(N2CCCCC2CN)CCO1. The smallest absolute Gasteiger partial charge is 0.0587 e. The van der Waals surface area contributed by atoms with Crippen molar-refractivity contribution in [2.45, 2.75) is 63.6 Å². The van der Waals surface area contributed by atoms with Crippen LogP contribution in [0.4, 0.5) is 0 Å². The van der Waals surface area contributed by atoms with Gasteiger partial charge in [0.25, 0.3) is 0 Å². The molecule has 0 saturated carbocycles. The van der Waals surface area contributed by atoms with Crippen LogP contribution in [-0.2, 0) is 4.74 Å². The lowest BCUT2D eigenvalue weighted by Crippen LogP contribution is -2.52. The summed E-state index contributed by atoms with van der Waals surface area (Å²) in [4.78, 5) is 2.68. The number of rotatable bonds is 3. The van der Waals surface area contributed by atoms with Gasteiger partial charge in [0.1, 0.15) is 0 Å². The van der Waals surface area contributed by atoms with Crippen LogP contribution in [0.15, 0.2) is 0 Å². The highest BCUT2D eigenvalue weighted by Crippen LogP contribution is 2.27. The van der Waals surface area contributed by atoms with Gasteiger partial charge >= 0.3 is 0 Å². The molecule has 2 saturated heterocycles. The topological polar surface area (TPSA) is 38.5 Å². The second-order valence-corrected chi connectivity index (χ2v) is 5.20. The minimum Gasteiger partial charge on any atom is -0.378 e. The molecule has 0 aromatic carbocycles. The zero-order chi connectivity index (χ0) is 11.4. The molecule has 3 unspecified atom stereocenters. The first-order valence-electron chi connectivity index (χ1n) is 6.92. The molecule has 2 N–H and O–H groups in total. The molecule has 16 heavy (non-hydrogen) atoms. The van der Waals surface area contributed by atoms with Crippen LogP contribution < -0.4 is 5.73 Å². The number of hydrogen-bond donors (Lipinski definition) is 1. The van der Waals surface area contributed by atoms with Crippen molar-refractivity contribution in [1.29, 1.82) is 0 Å². The predicted molar refractivity (Wildman–Crippen MR) is 66.5 cm³/mol. The number of nitrogens with zero attached hydrogens (tertiary/aromatic N) is 1. The molecule has 2 rings (SSSR count). The molecule has 2 aliphatic rings. The van der Waals surface area contributed by atoms with Crippen molar-refractivity contribution in [3.05, 3.63) is 0 Å². The van der Waals surface area contributed by atoms with E-state index in [0.717, 1.165) is 25.6 Å². The maximum atomic E-state index is 5.89. The number of likely N-dealkylation sites (tertiary alicyclic amines) is 1. The molecule has 3 nitrogen and oxygen atoms in total. The van der Waals surface area contributed by atoms with Crippen LogP contribution in [0.3, 0.4) is 0 Å². The summed E-state index contributed by atoms with van der Waals surface area (Å²) in [6.07, 6.45) is 8.06. The fourth-order valence-electron chi connectivity index (χ4n) is 3.20. The van der Waals surface area contributed by atoms with Gasteiger partial charge in [-0.2, -0.15) is 0 Å². The molecular weight excluding hydrogens is 200 g/mol. The van der Waals surface area contributed by atoms with E-state index in [1.807, 2.05) is 0 Å². The molecule has 2 aliphatic heterocycles. The molecule has 3 atom stereocenters. The van der Waals surface area contributed by atoms with Crippen molar-refractivity contribution in [3.63, 3.8) is 0 Å². The number of hydrogen-bond acceptors (Lipinski definition) is 3. The molecule has 0 aromatic rings. The zero-order valence-corrected chi connectivity index (χ0v) is 10.5. The average molecular weight is 226 g/mol. The molecule has 0 spiro atoms. The summed E-state index contributed by atoms with van der Waals surface area (Å²) < 4.78 is 5.76. The summed E-state index contributed by atoms with van der Waals surface area (Å²) >= 11 is 0. The molecule has 2 fully saturated rings. The monoisotopic (exact) mass is 226 g/mol. The summed E-state index contributed by atoms with van der Waals surface area (Å²) in [5.74, 6) is 0. The van der Waals surface area contributed by atoms with Crippen LogP contribution in [0.5, 0.6) is 0 Å². The highest BCUT2D eigenvalue weighted by molar-refractivity contribution is 4.86. The molecule has 3 heteroatoms. The van der Waals surface area contributed by atoms with E-state index in [0.29, 0.717) is 12.1 Å². The quantitative estimate of drug-likeness (QED) is 0.797. The molecule has 0 radical (unpaired) electrons. The molecular formula is C13H26N2O. The van der Waals surface area contributed by atoms with E-state index in [9.17, 15) is 0 Å². The van der Waals surface area contributed by atoms with E-state index in [-0.39, 0.29) is 0 Å². The zero-order valence-electron chi connectivity index (χ0n) is 10.5. The first-order chi connectivity index (χ1) is 7.85. The summed E-state index contributed by atoms with van der Waals surface area (Å²) in [7, 11) is 0. The predicted octanol–water partition coefficient (Wildman–Crippen LogP) is 1.76. The highest BCUT2D eigenvalue weighted by atomic mass is 16.5. The van der Waals surface area contributed by atoms with Gasteiger partial charge in [-0.25, -0.2) is 0 Å². The fraction of sp³-hybridized carbons (Fsp3) is 1.00. The first-order valence-corrected chi connectivity index (χ1v) is 6.92. The average Bonchev–Trinajstić information content (AvgIpc) is 2.38. The van der Waals surface area contributed by atoms with Crippen molar-refractivity contribution in [1.82, 2.24) is 4.90 Å². The van der Waals surface area contributed by atoms with Gasteiger partial charge in [-0.05, 0) is 38.6 Å². The van der Waals surface area contributed by atoms with E-state index in [1.165, 1.54) is 38.6 Å². The Hall–Kier alpha value is -0.120. The Kier molecular flexibility index (Phi) is 4.62. The maximum absolute atomic E-state index is 5.89. The number of piperidine rings is 1. The van der Waals surface area contributed by atoms with Crippen molar-refractivity contribution in [2.24, 2.45) is 5.73 Å². The lowest BCUT2D eigenvalue weighted by atomic mass is 9.94. The normalized spacial score (nSPS) is 37.5. The third-order valence-corrected chi connectivity index (χ3v) is 4.21. The van der Waals surface area contributed by atoms with Crippen molar-refractivity contribution in [3.8, 4) is 0 Å². The lowest BCUT2D eigenvalue weighted by Gasteiger charge is -2.44. The fourth-order valence-corrected chi connectivity index (χ4v) is 3.20. The van der Waals surface area contributed by atoms with Crippen LogP contribution in [0.25, 0.3) is 0 Å². The van der Waals surface area contributed by atoms with Gasteiger partial charge in [-0.15, -0.1) is 0 Å². The largest absolute Gasteiger partial charge is 0.378 e. The standard InChI is InChI=1S/C13H26N2O/c1-2-13-9-11(6-8-16-13)15-7-4-3-5-12(15)10-14/h11-13H,2-10,14H2,1H3.